The second-order valence-electron chi connectivity index (χ2n) is 23.4. The molecule has 0 amide bonds. The molecule has 3 heteroatoms. The van der Waals surface area contributed by atoms with Crippen LogP contribution in [0.2, 0.25) is 0 Å². The Hall–Kier alpha value is -10.5. The predicted molar refractivity (Wildman–Crippen MR) is 351 cm³/mol. The predicted octanol–water partition coefficient (Wildman–Crippen LogP) is 18.5. The van der Waals surface area contributed by atoms with Crippen molar-refractivity contribution in [2.75, 3.05) is 0 Å². The highest BCUT2D eigenvalue weighted by atomic mass is 15.0. The van der Waals surface area contributed by atoms with E-state index in [4.69, 9.17) is 0 Å². The smallest absolute Gasteiger partial charge is 0.247 e. The summed E-state index contributed by atoms with van der Waals surface area (Å²) in [5.74, 6) is 0.105. The monoisotopic (exact) mass is 1050 g/mol. The van der Waals surface area contributed by atoms with Gasteiger partial charge in [0, 0.05) is 44.1 Å². The number of aromatic nitrogens is 2. The van der Waals surface area contributed by atoms with Gasteiger partial charge in [0.15, 0.2) is 0 Å². The van der Waals surface area contributed by atoms with Crippen molar-refractivity contribution in [3.05, 3.63) is 296 Å². The second-order valence-corrected chi connectivity index (χ2v) is 23.4. The molecule has 0 radical (unpaired) electrons. The third-order valence-corrected chi connectivity index (χ3v) is 19.2. The molecular formula is C80H49BN2. The maximum atomic E-state index is 2.74. The third kappa shape index (κ3) is 6.34. The van der Waals surface area contributed by atoms with Crippen molar-refractivity contribution in [3.63, 3.8) is 0 Å². The van der Waals surface area contributed by atoms with Crippen LogP contribution in [0.15, 0.2) is 279 Å². The molecule has 0 bridgehead atoms. The lowest BCUT2D eigenvalue weighted by Gasteiger charge is -2.42. The molecule has 14 aromatic carbocycles. The molecule has 0 saturated carbocycles. The fourth-order valence-corrected chi connectivity index (χ4v) is 15.7. The van der Waals surface area contributed by atoms with Crippen molar-refractivity contribution in [3.8, 4) is 67.0 Å². The molecular weight excluding hydrogens is 1000 g/mol. The summed E-state index contributed by atoms with van der Waals surface area (Å²) in [4.78, 5) is 0. The van der Waals surface area contributed by atoms with Gasteiger partial charge in [0.2, 0.25) is 6.71 Å². The van der Waals surface area contributed by atoms with Gasteiger partial charge in [-0.3, -0.25) is 0 Å². The van der Waals surface area contributed by atoms with Crippen LogP contribution in [0.3, 0.4) is 0 Å². The van der Waals surface area contributed by atoms with E-state index in [2.05, 4.69) is 288 Å². The normalized spacial score (nSPS) is 13.8. The SMILES string of the molecule is c1ccc(-c2ccc3c(c2)-c2cc(-c4ccccc4)cc4c2C(C3)c2cc3c5ccc(-n6c7ccccc7c7ccccc76)cc5c5ccccc5c3c3c2B4c2cc(-c4ccccc4)cc4c5cc(-c6ccccc6)ccc5n-3c24)cc1. The van der Waals surface area contributed by atoms with Gasteiger partial charge in [0.1, 0.15) is 0 Å². The van der Waals surface area contributed by atoms with Gasteiger partial charge in [0.05, 0.1) is 22.2 Å². The maximum Gasteiger partial charge on any atom is 0.247 e. The Morgan fingerprint density at radius 1 is 0.313 bits per heavy atom. The number of para-hydroxylation sites is 2. The first-order chi connectivity index (χ1) is 41.2. The van der Waals surface area contributed by atoms with Crippen LogP contribution in [0.4, 0.5) is 0 Å². The molecule has 0 spiro atoms. The number of benzene rings is 14. The molecule has 4 heterocycles. The maximum absolute atomic E-state index is 2.74. The van der Waals surface area contributed by atoms with Crippen LogP contribution in [0.5, 0.6) is 0 Å². The molecule has 19 rings (SSSR count). The standard InChI is InChI=1S/C80H49BN2/c1-5-19-48(20-6-1)52-33-34-54-41-67-69-47-68-59-37-36-57(82-73-31-17-15-28-60(73)61-29-16-18-32-74(61)82)46-64(59)58-27-13-14-30-62(58)77(68)80-78(69)81(71-44-55(50-23-9-3-10-24-50)42-66(76(67)71)63(54)39-52)72-45-56(51-25-11-4-12-26-51)43-70-65-40-53(49-21-7-2-8-22-49)35-38-75(65)83(80)79(70)72/h1-40,42-47,67H,41H2. The largest absolute Gasteiger partial charge is 0.310 e. The first-order valence-electron chi connectivity index (χ1n) is 29.3. The van der Waals surface area contributed by atoms with Gasteiger partial charge >= 0.3 is 0 Å². The van der Waals surface area contributed by atoms with Gasteiger partial charge in [-0.25, -0.2) is 0 Å². The van der Waals surface area contributed by atoms with Gasteiger partial charge in [-0.2, -0.15) is 0 Å². The Bertz CT molecular complexity index is 5410. The van der Waals surface area contributed by atoms with Crippen LogP contribution < -0.4 is 16.4 Å². The van der Waals surface area contributed by atoms with E-state index < -0.39 is 0 Å². The molecule has 2 nitrogen and oxygen atoms in total. The van der Waals surface area contributed by atoms with Crippen molar-refractivity contribution in [1.82, 2.24) is 9.13 Å². The lowest BCUT2D eigenvalue weighted by atomic mass is 9.30. The minimum atomic E-state index is -0.0689. The highest BCUT2D eigenvalue weighted by Crippen LogP contribution is 2.51. The number of fused-ring (bicyclic) bond motifs is 19. The molecule has 1 unspecified atom stereocenters. The zero-order valence-electron chi connectivity index (χ0n) is 45.3. The molecule has 1 aliphatic carbocycles. The average Bonchev–Trinajstić information content (AvgIpc) is 2.39. The summed E-state index contributed by atoms with van der Waals surface area (Å²) in [7, 11) is 0. The molecule has 382 valence electrons. The first kappa shape index (κ1) is 45.3. The van der Waals surface area contributed by atoms with Crippen LogP contribution >= 0.6 is 0 Å². The van der Waals surface area contributed by atoms with Crippen LogP contribution in [0.1, 0.15) is 22.6 Å². The minimum absolute atomic E-state index is 0.0689. The summed E-state index contributed by atoms with van der Waals surface area (Å²) < 4.78 is 5.21. The van der Waals surface area contributed by atoms with Gasteiger partial charge in [-0.1, -0.05) is 230 Å². The van der Waals surface area contributed by atoms with Crippen LogP contribution in [-0.2, 0) is 6.42 Å². The van der Waals surface area contributed by atoms with E-state index in [-0.39, 0.29) is 12.6 Å². The molecule has 0 N–H and O–H groups in total. The van der Waals surface area contributed by atoms with Gasteiger partial charge in [0.25, 0.3) is 0 Å². The summed E-state index contributed by atoms with van der Waals surface area (Å²) in [5, 5.41) is 12.8. The Morgan fingerprint density at radius 3 is 1.51 bits per heavy atom. The van der Waals surface area contributed by atoms with E-state index >= 15 is 0 Å². The number of hydrogen-bond donors (Lipinski definition) is 0. The van der Waals surface area contributed by atoms with E-state index in [1.807, 2.05) is 0 Å². The molecule has 16 aromatic rings. The second kappa shape index (κ2) is 17.0. The number of rotatable bonds is 5. The summed E-state index contributed by atoms with van der Waals surface area (Å²) in [6, 6.07) is 106. The van der Waals surface area contributed by atoms with Gasteiger partial charge < -0.3 is 9.13 Å². The zero-order valence-corrected chi connectivity index (χ0v) is 45.3. The zero-order chi connectivity index (χ0) is 54.0. The molecule has 83 heavy (non-hydrogen) atoms. The first-order valence-corrected chi connectivity index (χ1v) is 29.3. The topological polar surface area (TPSA) is 9.86 Å². The average molecular weight is 1050 g/mol. The Labute approximate surface area is 480 Å². The van der Waals surface area contributed by atoms with E-state index in [9.17, 15) is 0 Å². The van der Waals surface area contributed by atoms with Gasteiger partial charge in [-0.05, 0) is 171 Å². The summed E-state index contributed by atoms with van der Waals surface area (Å²) >= 11 is 0. The van der Waals surface area contributed by atoms with Crippen molar-refractivity contribution >= 4 is 99.0 Å². The van der Waals surface area contributed by atoms with E-state index in [1.54, 1.807) is 0 Å². The summed E-state index contributed by atoms with van der Waals surface area (Å²) in [6.07, 6.45) is 0.905. The molecule has 3 aliphatic rings. The quantitative estimate of drug-likeness (QED) is 0.120. The fourth-order valence-electron chi connectivity index (χ4n) is 15.7. The van der Waals surface area contributed by atoms with Crippen molar-refractivity contribution < 1.29 is 0 Å². The van der Waals surface area contributed by atoms with Crippen LogP contribution in [0, 0.1) is 0 Å². The van der Waals surface area contributed by atoms with E-state index in [1.165, 1.54) is 176 Å². The Balaban J connectivity index is 0.989. The minimum Gasteiger partial charge on any atom is -0.310 e. The number of nitrogens with zero attached hydrogens (tertiary/aromatic N) is 2. The fraction of sp³-hybridized carbons (Fsp3) is 0.0250. The molecule has 0 fully saturated rings. The highest BCUT2D eigenvalue weighted by molar-refractivity contribution is 6.99. The van der Waals surface area contributed by atoms with Crippen LogP contribution in [0.25, 0.3) is 143 Å². The summed E-state index contributed by atoms with van der Waals surface area (Å²) in [6.45, 7) is -0.0689. The highest BCUT2D eigenvalue weighted by Gasteiger charge is 2.46. The van der Waals surface area contributed by atoms with Crippen molar-refractivity contribution in [1.29, 1.82) is 0 Å². The third-order valence-electron chi connectivity index (χ3n) is 19.2. The lowest BCUT2D eigenvalue weighted by molar-refractivity contribution is 0.800. The molecule has 2 aromatic heterocycles. The molecule has 0 saturated heterocycles. The van der Waals surface area contributed by atoms with Crippen molar-refractivity contribution in [2.45, 2.75) is 12.3 Å². The van der Waals surface area contributed by atoms with E-state index in [0.29, 0.717) is 0 Å². The molecule has 2 aliphatic heterocycles. The van der Waals surface area contributed by atoms with Crippen LogP contribution in [-0.4, -0.2) is 15.8 Å². The Kier molecular flexibility index (Phi) is 9.29. The summed E-state index contributed by atoms with van der Waals surface area (Å²) in [5.41, 5.74) is 28.6. The van der Waals surface area contributed by atoms with Gasteiger partial charge in [-0.15, -0.1) is 0 Å². The number of hydrogen-bond acceptors (Lipinski definition) is 0. The lowest BCUT2D eigenvalue weighted by Crippen LogP contribution is -2.61. The van der Waals surface area contributed by atoms with E-state index in [0.717, 1.165) is 6.42 Å². The van der Waals surface area contributed by atoms with Crippen molar-refractivity contribution in [2.24, 2.45) is 0 Å². The Morgan fingerprint density at radius 2 is 0.831 bits per heavy atom. The molecule has 1 atom stereocenters.